The van der Waals surface area contributed by atoms with E-state index in [1.54, 1.807) is 4.90 Å². The molecule has 1 aliphatic rings. The number of hydrogen-bond donors (Lipinski definition) is 0. The summed E-state index contributed by atoms with van der Waals surface area (Å²) in [6, 6.07) is 2.40. The topological polar surface area (TPSA) is 16.1 Å². The molecule has 0 atom stereocenters. The van der Waals surface area contributed by atoms with Gasteiger partial charge in [0.15, 0.2) is 0 Å². The van der Waals surface area contributed by atoms with Crippen molar-refractivity contribution in [3.8, 4) is 0 Å². The van der Waals surface area contributed by atoms with E-state index in [0.717, 1.165) is 18.9 Å². The van der Waals surface area contributed by atoms with Crippen molar-refractivity contribution in [2.45, 2.75) is 19.0 Å². The molecular formula is C12H14ClF3N2. The summed E-state index contributed by atoms with van der Waals surface area (Å²) in [5.41, 5.74) is -0.658. The minimum atomic E-state index is -4.35. The Hall–Kier alpha value is -0.970. The zero-order valence-electron chi connectivity index (χ0n) is 9.75. The summed E-state index contributed by atoms with van der Waals surface area (Å²) in [6.45, 7) is 1.16. The number of aromatic nitrogens is 1. The molecular weight excluding hydrogens is 265 g/mol. The number of nitrogens with zero attached hydrogens (tertiary/aromatic N) is 2. The molecule has 0 N–H and O–H groups in total. The Balaban J connectivity index is 2.19. The minimum Gasteiger partial charge on any atom is -0.356 e. The smallest absolute Gasteiger partial charge is 0.356 e. The molecule has 2 nitrogen and oxygen atoms in total. The first-order chi connectivity index (χ1) is 8.52. The second-order valence-corrected chi connectivity index (χ2v) is 4.77. The van der Waals surface area contributed by atoms with Crippen LogP contribution in [0.5, 0.6) is 0 Å². The number of pyridine rings is 1. The summed E-state index contributed by atoms with van der Waals surface area (Å²) in [7, 11) is 0. The van der Waals surface area contributed by atoms with E-state index in [1.807, 2.05) is 0 Å². The number of rotatable bonds is 2. The molecule has 0 aliphatic carbocycles. The molecule has 0 radical (unpaired) electrons. The van der Waals surface area contributed by atoms with E-state index in [9.17, 15) is 13.2 Å². The molecule has 0 bridgehead atoms. The molecule has 1 aliphatic heterocycles. The quantitative estimate of drug-likeness (QED) is 0.769. The molecule has 1 saturated heterocycles. The normalized spacial score (nSPS) is 18.1. The standard InChI is InChI=1S/C12H14ClF3N2/c13-8-9-3-6-18(7-4-9)11-10(12(14,15)16)2-1-5-17-11/h1-2,5,9H,3-4,6-8H2. The largest absolute Gasteiger partial charge is 0.419 e. The molecule has 1 fully saturated rings. The molecule has 2 heterocycles. The van der Waals surface area contributed by atoms with Crippen molar-refractivity contribution in [3.05, 3.63) is 23.9 Å². The van der Waals surface area contributed by atoms with Crippen LogP contribution in [-0.2, 0) is 6.18 Å². The average molecular weight is 279 g/mol. The van der Waals surface area contributed by atoms with Gasteiger partial charge in [-0.1, -0.05) is 0 Å². The fourth-order valence-electron chi connectivity index (χ4n) is 2.17. The molecule has 0 amide bonds. The lowest BCUT2D eigenvalue weighted by Crippen LogP contribution is -2.36. The summed E-state index contributed by atoms with van der Waals surface area (Å²) in [6.07, 6.45) is -1.32. The Labute approximate surface area is 109 Å². The van der Waals surface area contributed by atoms with Gasteiger partial charge in [0.25, 0.3) is 0 Å². The zero-order chi connectivity index (χ0) is 13.2. The summed E-state index contributed by atoms with van der Waals surface area (Å²) < 4.78 is 38.6. The first-order valence-corrected chi connectivity index (χ1v) is 6.39. The maximum atomic E-state index is 12.9. The average Bonchev–Trinajstić information content (AvgIpc) is 2.38. The maximum absolute atomic E-state index is 12.9. The second-order valence-electron chi connectivity index (χ2n) is 4.46. The molecule has 1 aromatic rings. The predicted molar refractivity (Wildman–Crippen MR) is 64.9 cm³/mol. The number of hydrogen-bond acceptors (Lipinski definition) is 2. The lowest BCUT2D eigenvalue weighted by atomic mass is 9.98. The van der Waals surface area contributed by atoms with Crippen molar-refractivity contribution >= 4 is 17.4 Å². The van der Waals surface area contributed by atoms with Crippen LogP contribution in [0.3, 0.4) is 0 Å². The monoisotopic (exact) mass is 278 g/mol. The van der Waals surface area contributed by atoms with Gasteiger partial charge in [-0.15, -0.1) is 11.6 Å². The molecule has 100 valence electrons. The predicted octanol–water partition coefficient (Wildman–Crippen LogP) is 3.56. The van der Waals surface area contributed by atoms with Crippen LogP contribution in [0.15, 0.2) is 18.3 Å². The summed E-state index contributed by atoms with van der Waals surface area (Å²) >= 11 is 5.76. The summed E-state index contributed by atoms with van der Waals surface area (Å²) in [4.78, 5) is 5.59. The van der Waals surface area contributed by atoms with E-state index in [4.69, 9.17) is 11.6 Å². The Morgan fingerprint density at radius 2 is 2.00 bits per heavy atom. The maximum Gasteiger partial charge on any atom is 0.419 e. The lowest BCUT2D eigenvalue weighted by Gasteiger charge is -2.33. The van der Waals surface area contributed by atoms with Gasteiger partial charge < -0.3 is 4.90 Å². The number of alkyl halides is 4. The molecule has 2 rings (SSSR count). The van der Waals surface area contributed by atoms with E-state index in [2.05, 4.69) is 4.98 Å². The van der Waals surface area contributed by atoms with Gasteiger partial charge in [0.2, 0.25) is 0 Å². The summed E-state index contributed by atoms with van der Waals surface area (Å²) in [5, 5.41) is 0. The van der Waals surface area contributed by atoms with E-state index in [-0.39, 0.29) is 5.82 Å². The highest BCUT2D eigenvalue weighted by Crippen LogP contribution is 2.36. The van der Waals surface area contributed by atoms with Crippen LogP contribution in [0.2, 0.25) is 0 Å². The van der Waals surface area contributed by atoms with Crippen LogP contribution in [0.25, 0.3) is 0 Å². The van der Waals surface area contributed by atoms with Crippen molar-refractivity contribution in [2.24, 2.45) is 5.92 Å². The van der Waals surface area contributed by atoms with E-state index in [1.165, 1.54) is 12.3 Å². The van der Waals surface area contributed by atoms with Crippen LogP contribution < -0.4 is 4.90 Å². The lowest BCUT2D eigenvalue weighted by molar-refractivity contribution is -0.137. The molecule has 6 heteroatoms. The highest BCUT2D eigenvalue weighted by atomic mass is 35.5. The SMILES string of the molecule is FC(F)(F)c1cccnc1N1CCC(CCl)CC1. The van der Waals surface area contributed by atoms with E-state index < -0.39 is 11.7 Å². The van der Waals surface area contributed by atoms with Crippen LogP contribution in [0.4, 0.5) is 19.0 Å². The fourth-order valence-corrected chi connectivity index (χ4v) is 2.48. The molecule has 0 aromatic carbocycles. The van der Waals surface area contributed by atoms with Gasteiger partial charge >= 0.3 is 6.18 Å². The molecule has 1 aromatic heterocycles. The Morgan fingerprint density at radius 3 is 2.56 bits per heavy atom. The number of anilines is 1. The zero-order valence-corrected chi connectivity index (χ0v) is 10.5. The van der Waals surface area contributed by atoms with Gasteiger partial charge in [-0.05, 0) is 30.9 Å². The van der Waals surface area contributed by atoms with Gasteiger partial charge in [-0.3, -0.25) is 0 Å². The second kappa shape index (κ2) is 5.34. The molecule has 18 heavy (non-hydrogen) atoms. The van der Waals surface area contributed by atoms with Crippen molar-refractivity contribution in [2.75, 3.05) is 23.9 Å². The summed E-state index contributed by atoms with van der Waals surface area (Å²) in [5.74, 6) is 1.02. The number of piperidine rings is 1. The third kappa shape index (κ3) is 2.88. The first kappa shape index (κ1) is 13.5. The molecule has 0 spiro atoms. The van der Waals surface area contributed by atoms with Gasteiger partial charge in [0, 0.05) is 25.2 Å². The van der Waals surface area contributed by atoms with Crippen molar-refractivity contribution < 1.29 is 13.2 Å². The Kier molecular flexibility index (Phi) is 4.00. The van der Waals surface area contributed by atoms with Crippen molar-refractivity contribution in [1.29, 1.82) is 0 Å². The van der Waals surface area contributed by atoms with Crippen molar-refractivity contribution in [1.82, 2.24) is 4.98 Å². The van der Waals surface area contributed by atoms with E-state index in [0.29, 0.717) is 24.9 Å². The Bertz CT molecular complexity index is 401. The van der Waals surface area contributed by atoms with Crippen LogP contribution in [-0.4, -0.2) is 24.0 Å². The third-order valence-corrected chi connectivity index (χ3v) is 3.66. The number of halogens is 4. The van der Waals surface area contributed by atoms with Crippen molar-refractivity contribution in [3.63, 3.8) is 0 Å². The van der Waals surface area contributed by atoms with Crippen LogP contribution in [0, 0.1) is 5.92 Å². The van der Waals surface area contributed by atoms with Crippen LogP contribution in [0.1, 0.15) is 18.4 Å². The van der Waals surface area contributed by atoms with E-state index >= 15 is 0 Å². The first-order valence-electron chi connectivity index (χ1n) is 5.85. The minimum absolute atomic E-state index is 0.0398. The highest BCUT2D eigenvalue weighted by Gasteiger charge is 2.36. The van der Waals surface area contributed by atoms with Gasteiger partial charge in [0.1, 0.15) is 5.82 Å². The molecule has 0 unspecified atom stereocenters. The fraction of sp³-hybridized carbons (Fsp3) is 0.583. The molecule has 0 saturated carbocycles. The van der Waals surface area contributed by atoms with Gasteiger partial charge in [-0.25, -0.2) is 4.98 Å². The Morgan fingerprint density at radius 1 is 1.33 bits per heavy atom. The van der Waals surface area contributed by atoms with Gasteiger partial charge in [-0.2, -0.15) is 13.2 Å². The van der Waals surface area contributed by atoms with Crippen LogP contribution >= 0.6 is 11.6 Å². The third-order valence-electron chi connectivity index (χ3n) is 3.22. The highest BCUT2D eigenvalue weighted by molar-refractivity contribution is 6.18. The van der Waals surface area contributed by atoms with Gasteiger partial charge in [0.05, 0.1) is 5.56 Å².